The highest BCUT2D eigenvalue weighted by Gasteiger charge is 2.46. The third kappa shape index (κ3) is 6.98. The van der Waals surface area contributed by atoms with Crippen molar-refractivity contribution in [2.24, 2.45) is 5.73 Å². The van der Waals surface area contributed by atoms with Crippen molar-refractivity contribution in [3.63, 3.8) is 0 Å². The van der Waals surface area contributed by atoms with Gasteiger partial charge in [-0.2, -0.15) is 0 Å². The topological polar surface area (TPSA) is 108 Å². The highest BCUT2D eigenvalue weighted by Crippen LogP contribution is 2.31. The maximum atomic E-state index is 13.5. The molecule has 1 heterocycles. The first-order valence-electron chi connectivity index (χ1n) is 12.5. The minimum absolute atomic E-state index is 0.0360. The Balaban J connectivity index is 1.65. The number of carbonyl (C=O) groups excluding carboxylic acids is 1. The molecule has 2 aromatic rings. The number of benzene rings is 2. The molecule has 1 amide bonds. The molecule has 0 aliphatic carbocycles. The van der Waals surface area contributed by atoms with E-state index in [4.69, 9.17) is 15.2 Å². The fourth-order valence-corrected chi connectivity index (χ4v) is 5.84. The van der Waals surface area contributed by atoms with E-state index in [0.29, 0.717) is 36.3 Å². The summed E-state index contributed by atoms with van der Waals surface area (Å²) in [6.45, 7) is 5.71. The van der Waals surface area contributed by atoms with Crippen molar-refractivity contribution in [1.29, 1.82) is 0 Å². The molecular weight excluding hydrogens is 464 g/mol. The van der Waals surface area contributed by atoms with Crippen LogP contribution in [-0.2, 0) is 21.1 Å². The average Bonchev–Trinajstić information content (AvgIpc) is 2.86. The lowest BCUT2D eigenvalue weighted by Gasteiger charge is -2.26. The largest absolute Gasteiger partial charge is 0.494 e. The molecule has 0 spiro atoms. The smallest absolute Gasteiger partial charge is 0.239 e. The number of amides is 1. The van der Waals surface area contributed by atoms with Gasteiger partial charge in [-0.05, 0) is 81.1 Å². The second-order valence-corrected chi connectivity index (χ2v) is 11.8. The number of nitrogens with two attached hydrogens (primary N) is 1. The summed E-state index contributed by atoms with van der Waals surface area (Å²) in [6, 6.07) is 13.8. The molecule has 1 fully saturated rings. The Morgan fingerprint density at radius 1 is 1.03 bits per heavy atom. The SMILES string of the molecule is CCCCOc1ccc(S(=O)(=O)C(C)(Cc2ccc(OCCC3CCCCN3)cc2)C(N)=O)cc1. The normalized spacial score (nSPS) is 17.9. The van der Waals surface area contributed by atoms with Crippen LogP contribution < -0.4 is 20.5 Å². The maximum Gasteiger partial charge on any atom is 0.239 e. The molecule has 0 bridgehead atoms. The zero-order chi connectivity index (χ0) is 25.3. The van der Waals surface area contributed by atoms with E-state index < -0.39 is 20.5 Å². The summed E-state index contributed by atoms with van der Waals surface area (Å²) in [5.41, 5.74) is 6.34. The van der Waals surface area contributed by atoms with Crippen LogP contribution in [0.15, 0.2) is 53.4 Å². The van der Waals surface area contributed by atoms with Gasteiger partial charge in [0.05, 0.1) is 18.1 Å². The average molecular weight is 503 g/mol. The second kappa shape index (κ2) is 12.4. The monoisotopic (exact) mass is 502 g/mol. The molecule has 2 unspecified atom stereocenters. The van der Waals surface area contributed by atoms with E-state index in [1.807, 2.05) is 0 Å². The van der Waals surface area contributed by atoms with Gasteiger partial charge in [-0.1, -0.05) is 31.9 Å². The summed E-state index contributed by atoms with van der Waals surface area (Å²) >= 11 is 0. The van der Waals surface area contributed by atoms with E-state index in [2.05, 4.69) is 12.2 Å². The number of sulfone groups is 1. The van der Waals surface area contributed by atoms with Crippen molar-refractivity contribution >= 4 is 15.7 Å². The van der Waals surface area contributed by atoms with Crippen LogP contribution in [0.5, 0.6) is 11.5 Å². The third-order valence-corrected chi connectivity index (χ3v) is 9.05. The Morgan fingerprint density at radius 2 is 1.66 bits per heavy atom. The van der Waals surface area contributed by atoms with Crippen LogP contribution >= 0.6 is 0 Å². The summed E-state index contributed by atoms with van der Waals surface area (Å²) < 4.78 is 36.6. The van der Waals surface area contributed by atoms with Gasteiger partial charge in [0.1, 0.15) is 11.5 Å². The molecule has 0 aromatic heterocycles. The van der Waals surface area contributed by atoms with E-state index in [1.165, 1.54) is 38.3 Å². The number of carbonyl (C=O) groups is 1. The summed E-state index contributed by atoms with van der Waals surface area (Å²) in [7, 11) is -4.05. The van der Waals surface area contributed by atoms with Crippen LogP contribution in [-0.4, -0.2) is 44.9 Å². The van der Waals surface area contributed by atoms with Gasteiger partial charge < -0.3 is 20.5 Å². The molecule has 0 saturated carbocycles. The highest BCUT2D eigenvalue weighted by molar-refractivity contribution is 7.93. The molecule has 3 rings (SSSR count). The Kier molecular flexibility index (Phi) is 9.57. The molecule has 2 aromatic carbocycles. The molecule has 2 atom stereocenters. The van der Waals surface area contributed by atoms with Crippen LogP contribution in [0.1, 0.15) is 57.9 Å². The van der Waals surface area contributed by atoms with Gasteiger partial charge in [0, 0.05) is 12.5 Å². The van der Waals surface area contributed by atoms with E-state index >= 15 is 0 Å². The molecule has 1 aliphatic rings. The van der Waals surface area contributed by atoms with Crippen LogP contribution in [0.25, 0.3) is 0 Å². The number of hydrogen-bond donors (Lipinski definition) is 2. The molecular formula is C27H38N2O5S. The highest BCUT2D eigenvalue weighted by atomic mass is 32.2. The Labute approximate surface area is 209 Å². The van der Waals surface area contributed by atoms with E-state index in [1.54, 1.807) is 36.4 Å². The van der Waals surface area contributed by atoms with Crippen molar-refractivity contribution in [3.8, 4) is 11.5 Å². The number of nitrogens with one attached hydrogen (secondary N) is 1. The molecule has 8 heteroatoms. The van der Waals surface area contributed by atoms with Gasteiger partial charge in [0.2, 0.25) is 5.91 Å². The van der Waals surface area contributed by atoms with Crippen molar-refractivity contribution in [3.05, 3.63) is 54.1 Å². The zero-order valence-electron chi connectivity index (χ0n) is 20.8. The van der Waals surface area contributed by atoms with Gasteiger partial charge in [0.25, 0.3) is 0 Å². The number of rotatable bonds is 13. The lowest BCUT2D eigenvalue weighted by Crippen LogP contribution is -2.49. The summed E-state index contributed by atoms with van der Waals surface area (Å²) in [5.74, 6) is 0.418. The van der Waals surface area contributed by atoms with Gasteiger partial charge in [-0.3, -0.25) is 4.79 Å². The molecule has 7 nitrogen and oxygen atoms in total. The molecule has 3 N–H and O–H groups in total. The zero-order valence-corrected chi connectivity index (χ0v) is 21.6. The lowest BCUT2D eigenvalue weighted by molar-refractivity contribution is -0.120. The predicted molar refractivity (Wildman–Crippen MR) is 138 cm³/mol. The Hall–Kier alpha value is -2.58. The fraction of sp³-hybridized carbons (Fsp3) is 0.519. The standard InChI is InChI=1S/C27H38N2O5S/c1-3-4-18-33-24-12-14-25(15-13-24)35(31,32)27(2,26(28)30)20-21-8-10-23(11-9-21)34-19-16-22-7-5-6-17-29-22/h8-15,22,29H,3-7,16-20H2,1-2H3,(H2,28,30). The van der Waals surface area contributed by atoms with Crippen LogP contribution in [0.3, 0.4) is 0 Å². The first-order chi connectivity index (χ1) is 16.8. The van der Waals surface area contributed by atoms with Crippen LogP contribution in [0, 0.1) is 0 Å². The van der Waals surface area contributed by atoms with E-state index in [-0.39, 0.29) is 11.3 Å². The Bertz CT molecular complexity index is 1050. The number of piperidine rings is 1. The third-order valence-electron chi connectivity index (χ3n) is 6.63. The first kappa shape index (κ1) is 27.0. The summed E-state index contributed by atoms with van der Waals surface area (Å²) in [4.78, 5) is 12.5. The van der Waals surface area contributed by atoms with Gasteiger partial charge in [-0.15, -0.1) is 0 Å². The lowest BCUT2D eigenvalue weighted by atomic mass is 9.99. The van der Waals surface area contributed by atoms with Crippen LogP contribution in [0.2, 0.25) is 0 Å². The van der Waals surface area contributed by atoms with Gasteiger partial charge in [0.15, 0.2) is 14.6 Å². The minimum Gasteiger partial charge on any atom is -0.494 e. The van der Waals surface area contributed by atoms with Crippen molar-refractivity contribution in [2.45, 2.75) is 74.5 Å². The second-order valence-electron chi connectivity index (χ2n) is 9.38. The predicted octanol–water partition coefficient (Wildman–Crippen LogP) is 4.04. The molecule has 35 heavy (non-hydrogen) atoms. The minimum atomic E-state index is -4.05. The first-order valence-corrected chi connectivity index (χ1v) is 14.0. The van der Waals surface area contributed by atoms with Crippen LogP contribution in [0.4, 0.5) is 0 Å². The number of hydrogen-bond acceptors (Lipinski definition) is 6. The molecule has 1 saturated heterocycles. The molecule has 192 valence electrons. The van der Waals surface area contributed by atoms with Crippen molar-refractivity contribution < 1.29 is 22.7 Å². The number of ether oxygens (including phenoxy) is 2. The van der Waals surface area contributed by atoms with Gasteiger partial charge in [-0.25, -0.2) is 8.42 Å². The molecule has 1 aliphatic heterocycles. The number of unbranched alkanes of at least 4 members (excludes halogenated alkanes) is 1. The van der Waals surface area contributed by atoms with E-state index in [0.717, 1.165) is 25.8 Å². The van der Waals surface area contributed by atoms with Crippen molar-refractivity contribution in [2.75, 3.05) is 19.8 Å². The number of primary amides is 1. The maximum absolute atomic E-state index is 13.5. The van der Waals surface area contributed by atoms with E-state index in [9.17, 15) is 13.2 Å². The van der Waals surface area contributed by atoms with Crippen molar-refractivity contribution in [1.82, 2.24) is 5.32 Å². The Morgan fingerprint density at radius 3 is 2.23 bits per heavy atom. The quantitative estimate of drug-likeness (QED) is 0.400. The van der Waals surface area contributed by atoms with Gasteiger partial charge >= 0.3 is 0 Å². The molecule has 0 radical (unpaired) electrons. The summed E-state index contributed by atoms with van der Waals surface area (Å²) in [5, 5.41) is 3.51. The fourth-order valence-electron chi connectivity index (χ4n) is 4.21. The summed E-state index contributed by atoms with van der Waals surface area (Å²) in [6.07, 6.45) is 6.50.